The molecule has 1 aliphatic carbocycles. The van der Waals surface area contributed by atoms with Crippen LogP contribution in [-0.4, -0.2) is 4.57 Å². The first kappa shape index (κ1) is 23.3. The van der Waals surface area contributed by atoms with E-state index in [9.17, 15) is 0 Å². The van der Waals surface area contributed by atoms with Crippen LogP contribution in [0, 0.1) is 0 Å². The monoisotopic (exact) mass is 533 g/mol. The molecule has 0 amide bonds. The Morgan fingerprint density at radius 1 is 0.381 bits per heavy atom. The first-order valence-electron chi connectivity index (χ1n) is 14.6. The Morgan fingerprint density at radius 3 is 1.74 bits per heavy atom. The van der Waals surface area contributed by atoms with E-state index in [4.69, 9.17) is 0 Å². The second kappa shape index (κ2) is 9.06. The fraction of sp³-hybridized carbons (Fsp3) is 0.0244. The molecule has 0 aliphatic heterocycles. The van der Waals surface area contributed by atoms with E-state index in [1.807, 2.05) is 0 Å². The van der Waals surface area contributed by atoms with Crippen LogP contribution in [0.3, 0.4) is 0 Å². The Hall–Kier alpha value is -5.40. The molecule has 9 rings (SSSR count). The second-order valence-corrected chi connectivity index (χ2v) is 11.4. The molecule has 0 bridgehead atoms. The van der Waals surface area contributed by atoms with E-state index in [0.29, 0.717) is 0 Å². The van der Waals surface area contributed by atoms with E-state index in [0.717, 1.165) is 6.42 Å². The average molecular weight is 534 g/mol. The number of hydrogen-bond acceptors (Lipinski definition) is 0. The van der Waals surface area contributed by atoms with Crippen molar-refractivity contribution in [1.29, 1.82) is 0 Å². The van der Waals surface area contributed by atoms with Crippen molar-refractivity contribution >= 4 is 32.6 Å². The van der Waals surface area contributed by atoms with Gasteiger partial charge in [-0.15, -0.1) is 0 Å². The minimum atomic E-state index is 0.993. The van der Waals surface area contributed by atoms with Crippen LogP contribution in [0.5, 0.6) is 0 Å². The molecule has 1 aromatic heterocycles. The van der Waals surface area contributed by atoms with Crippen LogP contribution in [-0.2, 0) is 6.42 Å². The van der Waals surface area contributed by atoms with Gasteiger partial charge in [0.25, 0.3) is 0 Å². The van der Waals surface area contributed by atoms with E-state index < -0.39 is 0 Å². The SMILES string of the molecule is c1ccc(-n2c3ccccc3c3cc(-c4ccc5c(c4)-c4cc(-c6ccc7ccccc7c6)ccc4C5)ccc32)cc1. The highest BCUT2D eigenvalue weighted by Gasteiger charge is 2.20. The van der Waals surface area contributed by atoms with E-state index in [2.05, 4.69) is 156 Å². The third kappa shape index (κ3) is 3.57. The molecule has 0 radical (unpaired) electrons. The fourth-order valence-corrected chi connectivity index (χ4v) is 6.90. The third-order valence-corrected chi connectivity index (χ3v) is 8.99. The number of aromatic nitrogens is 1. The van der Waals surface area contributed by atoms with Gasteiger partial charge in [-0.25, -0.2) is 0 Å². The Morgan fingerprint density at radius 2 is 0.952 bits per heavy atom. The highest BCUT2D eigenvalue weighted by molar-refractivity contribution is 6.10. The van der Waals surface area contributed by atoms with Gasteiger partial charge in [-0.2, -0.15) is 0 Å². The minimum Gasteiger partial charge on any atom is -0.309 e. The Balaban J connectivity index is 1.16. The Kier molecular flexibility index (Phi) is 5.03. The van der Waals surface area contributed by atoms with Crippen LogP contribution in [0.15, 0.2) is 152 Å². The smallest absolute Gasteiger partial charge is 0.0541 e. The van der Waals surface area contributed by atoms with Crippen LogP contribution < -0.4 is 0 Å². The molecule has 42 heavy (non-hydrogen) atoms. The zero-order valence-corrected chi connectivity index (χ0v) is 23.1. The van der Waals surface area contributed by atoms with Gasteiger partial charge in [0.1, 0.15) is 0 Å². The molecule has 7 aromatic carbocycles. The number of para-hydroxylation sites is 2. The maximum atomic E-state index is 2.41. The lowest BCUT2D eigenvalue weighted by Gasteiger charge is -2.10. The zero-order chi connectivity index (χ0) is 27.6. The standard InChI is InChI=1S/C41H27N/c1-2-10-35(11-3-1)42-40-13-7-6-12-36(40)39-26-32(20-21-41(39)42)31-17-19-34-23-33-18-16-30(24-37(33)38(34)25-31)29-15-14-27-8-4-5-9-28(27)22-29/h1-22,24-26H,23H2. The van der Waals surface area contributed by atoms with Gasteiger partial charge in [0.05, 0.1) is 11.0 Å². The van der Waals surface area contributed by atoms with E-state index >= 15 is 0 Å². The molecule has 1 heteroatoms. The van der Waals surface area contributed by atoms with Crippen LogP contribution in [0.2, 0.25) is 0 Å². The predicted molar refractivity (Wildman–Crippen MR) is 177 cm³/mol. The number of hydrogen-bond donors (Lipinski definition) is 0. The normalized spacial score (nSPS) is 12.2. The highest BCUT2D eigenvalue weighted by Crippen LogP contribution is 2.42. The first-order chi connectivity index (χ1) is 20.8. The van der Waals surface area contributed by atoms with E-state index in [1.54, 1.807) is 0 Å². The van der Waals surface area contributed by atoms with Gasteiger partial charge in [-0.05, 0) is 110 Å². The molecule has 0 saturated heterocycles. The van der Waals surface area contributed by atoms with Crippen molar-refractivity contribution < 1.29 is 0 Å². The van der Waals surface area contributed by atoms with E-state index in [-0.39, 0.29) is 0 Å². The molecule has 0 unspecified atom stereocenters. The van der Waals surface area contributed by atoms with Crippen molar-refractivity contribution in [1.82, 2.24) is 4.57 Å². The quantitative estimate of drug-likeness (QED) is 0.213. The zero-order valence-electron chi connectivity index (χ0n) is 23.1. The molecule has 8 aromatic rings. The van der Waals surface area contributed by atoms with Crippen molar-refractivity contribution in [3.63, 3.8) is 0 Å². The van der Waals surface area contributed by atoms with Crippen molar-refractivity contribution in [2.45, 2.75) is 6.42 Å². The van der Waals surface area contributed by atoms with Gasteiger partial charge in [-0.3, -0.25) is 0 Å². The topological polar surface area (TPSA) is 4.93 Å². The Labute approximate surface area is 244 Å². The molecular formula is C41H27N. The Bertz CT molecular complexity index is 2320. The maximum absolute atomic E-state index is 2.41. The summed E-state index contributed by atoms with van der Waals surface area (Å²) >= 11 is 0. The summed E-state index contributed by atoms with van der Waals surface area (Å²) in [7, 11) is 0. The largest absolute Gasteiger partial charge is 0.309 e. The van der Waals surface area contributed by atoms with Gasteiger partial charge in [0.15, 0.2) is 0 Å². The first-order valence-corrected chi connectivity index (χ1v) is 14.6. The van der Waals surface area contributed by atoms with Crippen molar-refractivity contribution in [2.24, 2.45) is 0 Å². The lowest BCUT2D eigenvalue weighted by atomic mass is 9.95. The number of rotatable bonds is 3. The van der Waals surface area contributed by atoms with Gasteiger partial charge < -0.3 is 4.57 Å². The summed E-state index contributed by atoms with van der Waals surface area (Å²) in [6.07, 6.45) is 0.993. The highest BCUT2D eigenvalue weighted by atomic mass is 15.0. The number of nitrogens with zero attached hydrogens (tertiary/aromatic N) is 1. The fourth-order valence-electron chi connectivity index (χ4n) is 6.90. The lowest BCUT2D eigenvalue weighted by molar-refractivity contribution is 1.18. The average Bonchev–Trinajstić information content (AvgIpc) is 3.59. The van der Waals surface area contributed by atoms with Gasteiger partial charge in [0, 0.05) is 16.5 Å². The number of benzene rings is 7. The van der Waals surface area contributed by atoms with Crippen LogP contribution >= 0.6 is 0 Å². The molecule has 0 fully saturated rings. The van der Waals surface area contributed by atoms with Crippen molar-refractivity contribution in [3.8, 4) is 39.1 Å². The van der Waals surface area contributed by atoms with Crippen LogP contribution in [0.4, 0.5) is 0 Å². The predicted octanol–water partition coefficient (Wildman–Crippen LogP) is 10.8. The van der Waals surface area contributed by atoms with Crippen molar-refractivity contribution in [2.75, 3.05) is 0 Å². The molecule has 1 aliphatic rings. The maximum Gasteiger partial charge on any atom is 0.0541 e. The van der Waals surface area contributed by atoms with Gasteiger partial charge in [0.2, 0.25) is 0 Å². The summed E-state index contributed by atoms with van der Waals surface area (Å²) in [6.45, 7) is 0. The number of fused-ring (bicyclic) bond motifs is 7. The lowest BCUT2D eigenvalue weighted by Crippen LogP contribution is -1.92. The van der Waals surface area contributed by atoms with Crippen molar-refractivity contribution in [3.05, 3.63) is 163 Å². The van der Waals surface area contributed by atoms with E-state index in [1.165, 1.54) is 82.8 Å². The summed E-state index contributed by atoms with van der Waals surface area (Å²) in [5, 5.41) is 5.12. The summed E-state index contributed by atoms with van der Waals surface area (Å²) in [5.74, 6) is 0. The molecule has 0 spiro atoms. The van der Waals surface area contributed by atoms with Gasteiger partial charge in [-0.1, -0.05) is 103 Å². The summed E-state index contributed by atoms with van der Waals surface area (Å²) in [4.78, 5) is 0. The molecule has 0 saturated carbocycles. The third-order valence-electron chi connectivity index (χ3n) is 8.99. The molecule has 0 atom stereocenters. The summed E-state index contributed by atoms with van der Waals surface area (Å²) < 4.78 is 2.38. The molecule has 1 heterocycles. The summed E-state index contributed by atoms with van der Waals surface area (Å²) in [5.41, 5.74) is 14.2. The molecule has 196 valence electrons. The van der Waals surface area contributed by atoms with Crippen LogP contribution in [0.25, 0.3) is 71.6 Å². The second-order valence-electron chi connectivity index (χ2n) is 11.4. The molecular weight excluding hydrogens is 506 g/mol. The molecule has 1 nitrogen and oxygen atoms in total. The van der Waals surface area contributed by atoms with Gasteiger partial charge >= 0.3 is 0 Å². The van der Waals surface area contributed by atoms with Crippen LogP contribution in [0.1, 0.15) is 11.1 Å². The minimum absolute atomic E-state index is 0.993. The molecule has 0 N–H and O–H groups in total. The summed E-state index contributed by atoms with van der Waals surface area (Å²) in [6, 6.07) is 55.8.